The predicted molar refractivity (Wildman–Crippen MR) is 81.9 cm³/mol. The molecule has 2 rings (SSSR count). The van der Waals surface area contributed by atoms with E-state index in [9.17, 15) is 8.42 Å². The highest BCUT2D eigenvalue weighted by Crippen LogP contribution is 2.36. The van der Waals surface area contributed by atoms with Crippen molar-refractivity contribution in [3.05, 3.63) is 23.8 Å². The molecule has 1 fully saturated rings. The van der Waals surface area contributed by atoms with E-state index in [-0.39, 0.29) is 15.9 Å². The molecule has 1 unspecified atom stereocenters. The van der Waals surface area contributed by atoms with Crippen LogP contribution in [0.3, 0.4) is 0 Å². The minimum Gasteiger partial charge on any atom is -0.399 e. The first-order valence-corrected chi connectivity index (χ1v) is 8.40. The molecule has 21 heavy (non-hydrogen) atoms. The summed E-state index contributed by atoms with van der Waals surface area (Å²) in [6.07, 6.45) is 0.847. The molecule has 1 aliphatic rings. The van der Waals surface area contributed by atoms with E-state index in [0.717, 1.165) is 6.42 Å². The number of nitriles is 1. The largest absolute Gasteiger partial charge is 0.399 e. The summed E-state index contributed by atoms with van der Waals surface area (Å²) in [6, 6.07) is 6.27. The Morgan fingerprint density at radius 2 is 2.05 bits per heavy atom. The SMILES string of the molecule is CC(C)(C)C1CCN(S(=O)(=O)c2ccc(N)cc2C#N)C1. The van der Waals surface area contributed by atoms with Gasteiger partial charge in [0.05, 0.1) is 5.56 Å². The van der Waals surface area contributed by atoms with Gasteiger partial charge in [-0.1, -0.05) is 20.8 Å². The summed E-state index contributed by atoms with van der Waals surface area (Å²) in [5.41, 5.74) is 6.19. The van der Waals surface area contributed by atoms with Crippen molar-refractivity contribution in [1.29, 1.82) is 5.26 Å². The fourth-order valence-electron chi connectivity index (χ4n) is 2.65. The molecule has 0 aromatic heterocycles. The molecule has 1 aromatic carbocycles. The molecule has 5 nitrogen and oxygen atoms in total. The molecular formula is C15H21N3O2S. The van der Waals surface area contributed by atoms with Gasteiger partial charge in [0.25, 0.3) is 0 Å². The number of sulfonamides is 1. The number of nitrogens with two attached hydrogens (primary N) is 1. The quantitative estimate of drug-likeness (QED) is 0.848. The van der Waals surface area contributed by atoms with Crippen LogP contribution in [0.25, 0.3) is 0 Å². The lowest BCUT2D eigenvalue weighted by atomic mass is 9.80. The zero-order chi connectivity index (χ0) is 15.8. The van der Waals surface area contributed by atoms with Gasteiger partial charge in [-0.15, -0.1) is 0 Å². The molecule has 0 radical (unpaired) electrons. The van der Waals surface area contributed by atoms with E-state index in [0.29, 0.717) is 24.7 Å². The fraction of sp³-hybridized carbons (Fsp3) is 0.533. The number of benzene rings is 1. The first kappa shape index (κ1) is 15.8. The molecule has 1 atom stereocenters. The minimum atomic E-state index is -3.64. The molecule has 0 saturated carbocycles. The Morgan fingerprint density at radius 1 is 1.38 bits per heavy atom. The molecule has 1 heterocycles. The molecule has 0 spiro atoms. The van der Waals surface area contributed by atoms with Gasteiger partial charge in [0.1, 0.15) is 11.0 Å². The maximum atomic E-state index is 12.7. The smallest absolute Gasteiger partial charge is 0.244 e. The summed E-state index contributed by atoms with van der Waals surface area (Å²) in [7, 11) is -3.64. The van der Waals surface area contributed by atoms with Crippen LogP contribution in [0.4, 0.5) is 5.69 Å². The highest BCUT2D eigenvalue weighted by atomic mass is 32.2. The maximum absolute atomic E-state index is 12.7. The van der Waals surface area contributed by atoms with Crippen molar-refractivity contribution in [2.24, 2.45) is 11.3 Å². The summed E-state index contributed by atoms with van der Waals surface area (Å²) in [4.78, 5) is 0.0498. The van der Waals surface area contributed by atoms with Crippen LogP contribution in [0.2, 0.25) is 0 Å². The Balaban J connectivity index is 2.35. The van der Waals surface area contributed by atoms with E-state index >= 15 is 0 Å². The average molecular weight is 307 g/mol. The number of nitrogens with zero attached hydrogens (tertiary/aromatic N) is 2. The van der Waals surface area contributed by atoms with Crippen molar-refractivity contribution in [3.63, 3.8) is 0 Å². The van der Waals surface area contributed by atoms with Crippen LogP contribution in [0.15, 0.2) is 23.1 Å². The van der Waals surface area contributed by atoms with Gasteiger partial charge in [0.15, 0.2) is 0 Å². The summed E-state index contributed by atoms with van der Waals surface area (Å²) >= 11 is 0. The molecular weight excluding hydrogens is 286 g/mol. The number of hydrogen-bond donors (Lipinski definition) is 1. The number of anilines is 1. The van der Waals surface area contributed by atoms with Crippen molar-refractivity contribution >= 4 is 15.7 Å². The van der Waals surface area contributed by atoms with Crippen LogP contribution < -0.4 is 5.73 Å². The molecule has 1 saturated heterocycles. The van der Waals surface area contributed by atoms with Crippen LogP contribution in [0, 0.1) is 22.7 Å². The first-order chi connectivity index (χ1) is 9.66. The topological polar surface area (TPSA) is 87.2 Å². The summed E-state index contributed by atoms with van der Waals surface area (Å²) in [5.74, 6) is 0.326. The highest BCUT2D eigenvalue weighted by molar-refractivity contribution is 7.89. The van der Waals surface area contributed by atoms with Crippen LogP contribution in [-0.2, 0) is 10.0 Å². The third kappa shape index (κ3) is 3.04. The number of nitrogen functional groups attached to an aromatic ring is 1. The molecule has 2 N–H and O–H groups in total. The molecule has 0 aliphatic carbocycles. The summed E-state index contributed by atoms with van der Waals surface area (Å²) < 4.78 is 26.9. The molecule has 114 valence electrons. The standard InChI is InChI=1S/C15H21N3O2S/c1-15(2,3)12-6-7-18(10-12)21(19,20)14-5-4-13(17)8-11(14)9-16/h4-5,8,12H,6-7,10,17H2,1-3H3. The van der Waals surface area contributed by atoms with E-state index in [1.54, 1.807) is 0 Å². The Morgan fingerprint density at radius 3 is 2.57 bits per heavy atom. The van der Waals surface area contributed by atoms with E-state index in [4.69, 9.17) is 11.0 Å². The lowest BCUT2D eigenvalue weighted by Crippen LogP contribution is -2.31. The van der Waals surface area contributed by atoms with E-state index < -0.39 is 10.0 Å². The second-order valence-electron chi connectivity index (χ2n) is 6.58. The zero-order valence-corrected chi connectivity index (χ0v) is 13.4. The molecule has 6 heteroatoms. The van der Waals surface area contributed by atoms with Gasteiger partial charge < -0.3 is 5.73 Å². The highest BCUT2D eigenvalue weighted by Gasteiger charge is 2.38. The van der Waals surface area contributed by atoms with E-state index in [1.165, 1.54) is 22.5 Å². The second-order valence-corrected chi connectivity index (χ2v) is 8.49. The normalized spacial score (nSPS) is 20.4. The van der Waals surface area contributed by atoms with Gasteiger partial charge in [-0.05, 0) is 36.0 Å². The molecule has 0 bridgehead atoms. The Hall–Kier alpha value is -1.58. The lowest BCUT2D eigenvalue weighted by molar-refractivity contribution is 0.252. The van der Waals surface area contributed by atoms with Gasteiger partial charge in [0.2, 0.25) is 10.0 Å². The third-order valence-corrected chi connectivity index (χ3v) is 6.04. The van der Waals surface area contributed by atoms with Gasteiger partial charge >= 0.3 is 0 Å². The predicted octanol–water partition coefficient (Wildman–Crippen LogP) is 2.20. The second kappa shape index (κ2) is 5.32. The number of rotatable bonds is 2. The van der Waals surface area contributed by atoms with Crippen LogP contribution in [-0.4, -0.2) is 25.8 Å². The van der Waals surface area contributed by atoms with Crippen LogP contribution >= 0.6 is 0 Å². The monoisotopic (exact) mass is 307 g/mol. The van der Waals surface area contributed by atoms with Gasteiger partial charge in [0, 0.05) is 18.8 Å². The van der Waals surface area contributed by atoms with Gasteiger partial charge in [-0.2, -0.15) is 9.57 Å². The lowest BCUT2D eigenvalue weighted by Gasteiger charge is -2.27. The Bertz CT molecular complexity index is 684. The third-order valence-electron chi connectivity index (χ3n) is 4.12. The van der Waals surface area contributed by atoms with Crippen molar-refractivity contribution in [1.82, 2.24) is 4.31 Å². The van der Waals surface area contributed by atoms with Crippen LogP contribution in [0.1, 0.15) is 32.8 Å². The van der Waals surface area contributed by atoms with Gasteiger partial charge in [-0.25, -0.2) is 8.42 Å². The summed E-state index contributed by atoms with van der Waals surface area (Å²) in [5, 5.41) is 9.14. The maximum Gasteiger partial charge on any atom is 0.244 e. The van der Waals surface area contributed by atoms with Crippen molar-refractivity contribution in [2.45, 2.75) is 32.1 Å². The summed E-state index contributed by atoms with van der Waals surface area (Å²) in [6.45, 7) is 7.37. The van der Waals surface area contributed by atoms with E-state index in [1.807, 2.05) is 6.07 Å². The Labute approximate surface area is 126 Å². The van der Waals surface area contributed by atoms with Crippen molar-refractivity contribution in [2.75, 3.05) is 18.8 Å². The van der Waals surface area contributed by atoms with Gasteiger partial charge in [-0.3, -0.25) is 0 Å². The minimum absolute atomic E-state index is 0.0498. The van der Waals surface area contributed by atoms with E-state index in [2.05, 4.69) is 20.8 Å². The number of hydrogen-bond acceptors (Lipinski definition) is 4. The van der Waals surface area contributed by atoms with Crippen molar-refractivity contribution in [3.8, 4) is 6.07 Å². The molecule has 1 aliphatic heterocycles. The fourth-order valence-corrected chi connectivity index (χ4v) is 4.28. The Kier molecular flexibility index (Phi) is 4.00. The van der Waals surface area contributed by atoms with Crippen LogP contribution in [0.5, 0.6) is 0 Å². The average Bonchev–Trinajstić information content (AvgIpc) is 2.88. The zero-order valence-electron chi connectivity index (χ0n) is 12.6. The molecule has 1 aromatic rings. The molecule has 0 amide bonds. The van der Waals surface area contributed by atoms with Crippen molar-refractivity contribution < 1.29 is 8.42 Å². The first-order valence-electron chi connectivity index (χ1n) is 6.96.